The van der Waals surface area contributed by atoms with Gasteiger partial charge in [0.15, 0.2) is 0 Å². The van der Waals surface area contributed by atoms with Gasteiger partial charge in [-0.3, -0.25) is 14.5 Å². The van der Waals surface area contributed by atoms with Gasteiger partial charge in [0.2, 0.25) is 0 Å². The number of rotatable bonds is 5. The first-order valence-corrected chi connectivity index (χ1v) is 10.4. The highest BCUT2D eigenvalue weighted by Crippen LogP contribution is 2.37. The molecule has 3 heterocycles. The number of benzene rings is 2. The first kappa shape index (κ1) is 15.1. The zero-order chi connectivity index (χ0) is 27.0. The van der Waals surface area contributed by atoms with Gasteiger partial charge in [-0.2, -0.15) is 5.10 Å². The Morgan fingerprint density at radius 3 is 2.76 bits per heavy atom. The molecule has 0 N–H and O–H groups in total. The summed E-state index contributed by atoms with van der Waals surface area (Å²) < 4.78 is 77.2. The lowest BCUT2D eigenvalue weighted by Gasteiger charge is -2.17. The monoisotopic (exact) mass is 451 g/mol. The maximum absolute atomic E-state index is 15.4. The van der Waals surface area contributed by atoms with E-state index >= 15 is 8.78 Å². The Bertz CT molecular complexity index is 1590. The fourth-order valence-corrected chi connectivity index (χ4v) is 3.96. The van der Waals surface area contributed by atoms with Crippen molar-refractivity contribution in [3.8, 4) is 16.9 Å². The van der Waals surface area contributed by atoms with Crippen LogP contribution < -0.4 is 4.74 Å². The summed E-state index contributed by atoms with van der Waals surface area (Å²) in [5, 5.41) is 4.52. The number of halogens is 2. The molecule has 2 aromatic heterocycles. The van der Waals surface area contributed by atoms with E-state index in [0.717, 1.165) is 34.6 Å². The standard InChI is InChI=1S/C25H20F2N4O2/c1-30-11-18-16(6-7-23(24(18)29-30)33-15-4-5-15)14-9-20(26)19(21(27)10-14)12-31-13-22-17(25(31)32)3-2-8-28-22/h2-3,6-11,15H,4-5,12-13H2,1H3/i1D3,13D2. The summed E-state index contributed by atoms with van der Waals surface area (Å²) in [6.45, 7) is -5.57. The average molecular weight is 451 g/mol. The number of nitrogens with zero attached hydrogens (tertiary/aromatic N) is 4. The summed E-state index contributed by atoms with van der Waals surface area (Å²) in [7, 11) is 0. The van der Waals surface area contributed by atoms with Crippen LogP contribution in [0.2, 0.25) is 0 Å². The van der Waals surface area contributed by atoms with E-state index in [9.17, 15) is 4.79 Å². The zero-order valence-electron chi connectivity index (χ0n) is 22.2. The first-order valence-electron chi connectivity index (χ1n) is 12.9. The van der Waals surface area contributed by atoms with Gasteiger partial charge in [-0.25, -0.2) is 8.78 Å². The topological polar surface area (TPSA) is 60.3 Å². The number of hydrogen-bond acceptors (Lipinski definition) is 4. The third-order valence-electron chi connectivity index (χ3n) is 5.75. The maximum Gasteiger partial charge on any atom is 0.256 e. The van der Waals surface area contributed by atoms with Crippen molar-refractivity contribution < 1.29 is 25.2 Å². The van der Waals surface area contributed by atoms with E-state index < -0.39 is 43.1 Å². The smallest absolute Gasteiger partial charge is 0.256 e. The lowest BCUT2D eigenvalue weighted by atomic mass is 9.99. The average Bonchev–Trinajstić information content (AvgIpc) is 3.50. The molecule has 1 fully saturated rings. The van der Waals surface area contributed by atoms with Crippen LogP contribution in [0.3, 0.4) is 0 Å². The minimum absolute atomic E-state index is 0.0203. The number of carbonyl (C=O) groups is 1. The van der Waals surface area contributed by atoms with E-state index in [2.05, 4.69) is 10.1 Å². The van der Waals surface area contributed by atoms with Crippen LogP contribution in [-0.2, 0) is 20.0 Å². The number of carbonyl (C=O) groups excluding carboxylic acids is 1. The van der Waals surface area contributed by atoms with E-state index in [1.165, 1.54) is 24.5 Å². The third kappa shape index (κ3) is 3.42. The molecule has 8 heteroatoms. The van der Waals surface area contributed by atoms with Crippen LogP contribution in [0.4, 0.5) is 8.78 Å². The van der Waals surface area contributed by atoms with Crippen molar-refractivity contribution in [3.05, 3.63) is 77.2 Å². The quantitative estimate of drug-likeness (QED) is 0.445. The van der Waals surface area contributed by atoms with E-state index in [1.807, 2.05) is 0 Å². The molecule has 0 radical (unpaired) electrons. The summed E-state index contributed by atoms with van der Waals surface area (Å²) in [6, 6.07) is 8.23. The second kappa shape index (κ2) is 7.37. The predicted molar refractivity (Wildman–Crippen MR) is 118 cm³/mol. The van der Waals surface area contributed by atoms with Gasteiger partial charge in [-0.1, -0.05) is 0 Å². The van der Waals surface area contributed by atoms with Crippen LogP contribution in [0.5, 0.6) is 5.75 Å². The molecule has 1 aliphatic heterocycles. The number of pyridine rings is 1. The Hall–Kier alpha value is -3.81. The van der Waals surface area contributed by atoms with Gasteiger partial charge in [0.25, 0.3) is 5.91 Å². The van der Waals surface area contributed by atoms with Crippen molar-refractivity contribution in [3.63, 3.8) is 0 Å². The third-order valence-corrected chi connectivity index (χ3v) is 5.75. The molecular formula is C25H20F2N4O2. The number of ether oxygens (including phenoxy) is 1. The van der Waals surface area contributed by atoms with Crippen LogP contribution in [0.25, 0.3) is 22.0 Å². The number of hydrogen-bond donors (Lipinski definition) is 0. The summed E-state index contributed by atoms with van der Waals surface area (Å²) in [6.07, 6.45) is 4.41. The molecule has 1 aliphatic carbocycles. The fourth-order valence-electron chi connectivity index (χ4n) is 3.96. The second-order valence-electron chi connectivity index (χ2n) is 8.09. The molecule has 4 aromatic rings. The summed E-state index contributed by atoms with van der Waals surface area (Å²) in [5.74, 6) is -2.30. The van der Waals surface area contributed by atoms with E-state index in [-0.39, 0.29) is 28.4 Å². The minimum atomic E-state index is -2.57. The van der Waals surface area contributed by atoms with E-state index in [0.29, 0.717) is 16.7 Å². The molecule has 1 saturated carbocycles. The molecule has 33 heavy (non-hydrogen) atoms. The van der Waals surface area contributed by atoms with Crippen molar-refractivity contribution in [2.24, 2.45) is 6.98 Å². The normalized spacial score (nSPS) is 19.5. The highest BCUT2D eigenvalue weighted by molar-refractivity contribution is 5.98. The predicted octanol–water partition coefficient (Wildman–Crippen LogP) is 4.61. The van der Waals surface area contributed by atoms with E-state index in [1.54, 1.807) is 12.1 Å². The van der Waals surface area contributed by atoms with Gasteiger partial charge in [0, 0.05) is 34.4 Å². The first-order chi connectivity index (χ1) is 17.9. The van der Waals surface area contributed by atoms with Gasteiger partial charge in [-0.15, -0.1) is 0 Å². The van der Waals surface area contributed by atoms with Gasteiger partial charge < -0.3 is 9.64 Å². The zero-order valence-corrected chi connectivity index (χ0v) is 17.2. The molecule has 0 saturated heterocycles. The van der Waals surface area contributed by atoms with Crippen molar-refractivity contribution in [2.75, 3.05) is 0 Å². The number of aryl methyl sites for hydroxylation is 1. The Morgan fingerprint density at radius 1 is 1.21 bits per heavy atom. The lowest BCUT2D eigenvalue weighted by Crippen LogP contribution is -2.24. The molecule has 0 spiro atoms. The SMILES string of the molecule is [2H]C1([2H])c2ncccc2C(=O)N1Cc1c(F)cc(-c2ccc(OC3CC3)c3nn(C([2H])([2H])[2H])cc23)cc1F. The molecule has 6 nitrogen and oxygen atoms in total. The van der Waals surface area contributed by atoms with E-state index in [4.69, 9.17) is 11.6 Å². The van der Waals surface area contributed by atoms with Crippen LogP contribution in [0.15, 0.2) is 48.8 Å². The van der Waals surface area contributed by atoms with Crippen molar-refractivity contribution in [1.29, 1.82) is 0 Å². The summed E-state index contributed by atoms with van der Waals surface area (Å²) in [5.41, 5.74) is 0.171. The van der Waals surface area contributed by atoms with Crippen molar-refractivity contribution in [1.82, 2.24) is 19.7 Å². The molecule has 0 atom stereocenters. The van der Waals surface area contributed by atoms with Crippen LogP contribution >= 0.6 is 0 Å². The van der Waals surface area contributed by atoms with Gasteiger partial charge in [0.1, 0.15) is 22.9 Å². The Labute approximate surface area is 195 Å². The lowest BCUT2D eigenvalue weighted by molar-refractivity contribution is 0.0763. The van der Waals surface area contributed by atoms with Crippen LogP contribution in [0, 0.1) is 11.6 Å². The molecular weight excluding hydrogens is 426 g/mol. The van der Waals surface area contributed by atoms with Gasteiger partial charge in [-0.05, 0) is 60.4 Å². The van der Waals surface area contributed by atoms with Crippen LogP contribution in [-0.4, -0.2) is 31.7 Å². The summed E-state index contributed by atoms with van der Waals surface area (Å²) >= 11 is 0. The molecule has 2 aliphatic rings. The number of amides is 1. The maximum atomic E-state index is 15.4. The van der Waals surface area contributed by atoms with Crippen LogP contribution in [0.1, 0.15) is 41.3 Å². The Balaban J connectivity index is 1.40. The minimum Gasteiger partial charge on any atom is -0.488 e. The van der Waals surface area contributed by atoms with Gasteiger partial charge >= 0.3 is 0 Å². The summed E-state index contributed by atoms with van der Waals surface area (Å²) in [4.78, 5) is 17.5. The molecule has 0 bridgehead atoms. The fraction of sp³-hybridized carbons (Fsp3) is 0.240. The Kier molecular flexibility index (Phi) is 3.37. The second-order valence-corrected chi connectivity index (χ2v) is 8.09. The highest BCUT2D eigenvalue weighted by Gasteiger charge is 2.30. The number of aromatic nitrogens is 3. The largest absolute Gasteiger partial charge is 0.488 e. The van der Waals surface area contributed by atoms with Crippen molar-refractivity contribution in [2.45, 2.75) is 32.0 Å². The molecule has 6 rings (SSSR count). The number of fused-ring (bicyclic) bond motifs is 2. The Morgan fingerprint density at radius 2 is 2.03 bits per heavy atom. The molecule has 0 unspecified atom stereocenters. The highest BCUT2D eigenvalue weighted by atomic mass is 19.1. The molecule has 2 aromatic carbocycles. The van der Waals surface area contributed by atoms with Gasteiger partial charge in [0.05, 0.1) is 33.1 Å². The molecule has 1 amide bonds. The van der Waals surface area contributed by atoms with Crippen molar-refractivity contribution >= 4 is 16.8 Å². The molecule has 166 valence electrons.